The van der Waals surface area contributed by atoms with Gasteiger partial charge in [-0.05, 0) is 32.1 Å². The third kappa shape index (κ3) is 6.92. The summed E-state index contributed by atoms with van der Waals surface area (Å²) in [6.45, 7) is 2.00. The van der Waals surface area contributed by atoms with Crippen LogP contribution < -0.4 is 11.1 Å². The molecule has 1 saturated carbocycles. The zero-order chi connectivity index (χ0) is 15.7. The van der Waals surface area contributed by atoms with Crippen LogP contribution in [0.15, 0.2) is 12.2 Å². The quantitative estimate of drug-likeness (QED) is 0.516. The first kappa shape index (κ1) is 17.2. The molecule has 118 valence electrons. The number of nitrogens with two attached hydrogens (primary N) is 1. The molecule has 1 aliphatic rings. The molecular weight excluding hydrogens is 272 g/mol. The van der Waals surface area contributed by atoms with E-state index in [9.17, 15) is 14.4 Å². The highest BCUT2D eigenvalue weighted by Gasteiger charge is 2.21. The van der Waals surface area contributed by atoms with Gasteiger partial charge in [0.1, 0.15) is 6.04 Å². The van der Waals surface area contributed by atoms with Gasteiger partial charge in [0, 0.05) is 12.5 Å². The summed E-state index contributed by atoms with van der Waals surface area (Å²) < 4.78 is 4.72. The van der Waals surface area contributed by atoms with Crippen molar-refractivity contribution >= 4 is 17.8 Å². The first-order chi connectivity index (χ1) is 10.0. The van der Waals surface area contributed by atoms with Gasteiger partial charge in [0.15, 0.2) is 0 Å². The van der Waals surface area contributed by atoms with Gasteiger partial charge in [-0.25, -0.2) is 4.79 Å². The topological polar surface area (TPSA) is 98.5 Å². The molecule has 0 aromatic rings. The first-order valence-electron chi connectivity index (χ1n) is 7.45. The molecular formula is C15H24N2O4. The number of rotatable bonds is 8. The van der Waals surface area contributed by atoms with Crippen LogP contribution in [-0.4, -0.2) is 30.4 Å². The number of primary amides is 1. The summed E-state index contributed by atoms with van der Waals surface area (Å²) in [6.07, 6.45) is 7.82. The van der Waals surface area contributed by atoms with Crippen molar-refractivity contribution in [1.82, 2.24) is 5.32 Å². The van der Waals surface area contributed by atoms with E-state index in [0.717, 1.165) is 12.8 Å². The largest absolute Gasteiger partial charge is 0.463 e. The smallest absolute Gasteiger partial charge is 0.330 e. The zero-order valence-electron chi connectivity index (χ0n) is 12.5. The highest BCUT2D eigenvalue weighted by atomic mass is 16.5. The van der Waals surface area contributed by atoms with E-state index in [1.165, 1.54) is 25.0 Å². The van der Waals surface area contributed by atoms with E-state index >= 15 is 0 Å². The molecule has 0 spiro atoms. The average molecular weight is 296 g/mol. The third-order valence-electron chi connectivity index (χ3n) is 3.54. The fraction of sp³-hybridized carbons (Fsp3) is 0.667. The van der Waals surface area contributed by atoms with Crippen LogP contribution in [0.1, 0.15) is 45.4 Å². The molecule has 0 unspecified atom stereocenters. The fourth-order valence-corrected chi connectivity index (χ4v) is 2.47. The van der Waals surface area contributed by atoms with Crippen molar-refractivity contribution in [3.05, 3.63) is 12.2 Å². The molecule has 0 aliphatic heterocycles. The molecule has 6 nitrogen and oxygen atoms in total. The molecule has 0 bridgehead atoms. The molecule has 2 amide bonds. The van der Waals surface area contributed by atoms with E-state index in [0.29, 0.717) is 18.9 Å². The molecule has 1 atom stereocenters. The van der Waals surface area contributed by atoms with E-state index in [-0.39, 0.29) is 12.3 Å². The zero-order valence-corrected chi connectivity index (χ0v) is 12.5. The van der Waals surface area contributed by atoms with E-state index < -0.39 is 17.9 Å². The molecule has 1 rings (SSSR count). The lowest BCUT2D eigenvalue weighted by Crippen LogP contribution is -2.44. The summed E-state index contributed by atoms with van der Waals surface area (Å²) in [4.78, 5) is 34.3. The molecule has 0 radical (unpaired) electrons. The van der Waals surface area contributed by atoms with Gasteiger partial charge in [-0.1, -0.05) is 18.9 Å². The van der Waals surface area contributed by atoms with Crippen LogP contribution in [-0.2, 0) is 19.1 Å². The second kappa shape index (κ2) is 9.15. The predicted octanol–water partition coefficient (Wildman–Crippen LogP) is 1.05. The van der Waals surface area contributed by atoms with Crippen LogP contribution >= 0.6 is 0 Å². The summed E-state index contributed by atoms with van der Waals surface area (Å²) in [7, 11) is 0. The molecule has 3 N–H and O–H groups in total. The van der Waals surface area contributed by atoms with Crippen LogP contribution in [0.3, 0.4) is 0 Å². The Labute approximate surface area is 125 Å². The van der Waals surface area contributed by atoms with Crippen molar-refractivity contribution in [2.75, 3.05) is 6.61 Å². The van der Waals surface area contributed by atoms with E-state index in [2.05, 4.69) is 5.32 Å². The number of hydrogen-bond acceptors (Lipinski definition) is 4. The van der Waals surface area contributed by atoms with Gasteiger partial charge in [0.2, 0.25) is 11.8 Å². The lowest BCUT2D eigenvalue weighted by Gasteiger charge is -2.15. The van der Waals surface area contributed by atoms with E-state index in [1.807, 2.05) is 0 Å². The van der Waals surface area contributed by atoms with E-state index in [1.54, 1.807) is 6.92 Å². The Morgan fingerprint density at radius 2 is 2.00 bits per heavy atom. The Balaban J connectivity index is 2.39. The number of esters is 1. The summed E-state index contributed by atoms with van der Waals surface area (Å²) in [5, 5.41) is 2.63. The van der Waals surface area contributed by atoms with Crippen LogP contribution in [0.5, 0.6) is 0 Å². The standard InChI is InChI=1S/C15H24N2O4/c1-2-21-14(19)9-5-8-12(15(16)20)17-13(18)10-11-6-3-4-7-11/h5,9,11-12H,2-4,6-8,10H2,1H3,(H2,16,20)(H,17,18)/b9-5+/t12-/m1/s1. The van der Waals surface area contributed by atoms with Crippen LogP contribution in [0.4, 0.5) is 0 Å². The van der Waals surface area contributed by atoms with Gasteiger partial charge in [-0.2, -0.15) is 0 Å². The Morgan fingerprint density at radius 1 is 1.33 bits per heavy atom. The molecule has 0 aromatic carbocycles. The molecule has 0 heterocycles. The number of hydrogen-bond donors (Lipinski definition) is 2. The number of carbonyl (C=O) groups excluding carboxylic acids is 3. The SMILES string of the molecule is CCOC(=O)/C=C/C[C@@H](NC(=O)CC1CCCC1)C(N)=O. The number of nitrogens with one attached hydrogen (secondary N) is 1. The minimum absolute atomic E-state index is 0.157. The van der Waals surface area contributed by atoms with Gasteiger partial charge < -0.3 is 15.8 Å². The maximum Gasteiger partial charge on any atom is 0.330 e. The van der Waals surface area contributed by atoms with Crippen LogP contribution in [0, 0.1) is 5.92 Å². The monoisotopic (exact) mass is 296 g/mol. The van der Waals surface area contributed by atoms with Gasteiger partial charge in [-0.3, -0.25) is 9.59 Å². The van der Waals surface area contributed by atoms with Gasteiger partial charge in [0.25, 0.3) is 0 Å². The molecule has 0 aromatic heterocycles. The third-order valence-corrected chi connectivity index (χ3v) is 3.54. The van der Waals surface area contributed by atoms with Crippen molar-refractivity contribution in [1.29, 1.82) is 0 Å². The predicted molar refractivity (Wildman–Crippen MR) is 78.1 cm³/mol. The summed E-state index contributed by atoms with van der Waals surface area (Å²) in [6, 6.07) is -0.787. The number of amides is 2. The lowest BCUT2D eigenvalue weighted by atomic mass is 10.0. The maximum absolute atomic E-state index is 11.9. The van der Waals surface area contributed by atoms with Crippen molar-refractivity contribution in [3.8, 4) is 0 Å². The van der Waals surface area contributed by atoms with Gasteiger partial charge in [0.05, 0.1) is 6.61 Å². The molecule has 1 fully saturated rings. The maximum atomic E-state index is 11.9. The second-order valence-electron chi connectivity index (χ2n) is 5.27. The van der Waals surface area contributed by atoms with Crippen molar-refractivity contribution in [3.63, 3.8) is 0 Å². The van der Waals surface area contributed by atoms with Crippen molar-refractivity contribution < 1.29 is 19.1 Å². The van der Waals surface area contributed by atoms with Crippen molar-refractivity contribution in [2.24, 2.45) is 11.7 Å². The number of carbonyl (C=O) groups is 3. The highest BCUT2D eigenvalue weighted by molar-refractivity contribution is 5.87. The molecule has 1 aliphatic carbocycles. The first-order valence-corrected chi connectivity index (χ1v) is 7.45. The Bertz CT molecular complexity index is 400. The molecule has 6 heteroatoms. The normalized spacial score (nSPS) is 16.8. The van der Waals surface area contributed by atoms with Gasteiger partial charge in [-0.15, -0.1) is 0 Å². The lowest BCUT2D eigenvalue weighted by molar-refractivity contribution is -0.137. The highest BCUT2D eigenvalue weighted by Crippen LogP contribution is 2.27. The second-order valence-corrected chi connectivity index (χ2v) is 5.27. The minimum Gasteiger partial charge on any atom is -0.463 e. The summed E-state index contributed by atoms with van der Waals surface area (Å²) >= 11 is 0. The molecule has 21 heavy (non-hydrogen) atoms. The number of ether oxygens (including phenoxy) is 1. The minimum atomic E-state index is -0.787. The van der Waals surface area contributed by atoms with E-state index in [4.69, 9.17) is 10.5 Å². The fourth-order valence-electron chi connectivity index (χ4n) is 2.47. The van der Waals surface area contributed by atoms with Gasteiger partial charge >= 0.3 is 5.97 Å². The van der Waals surface area contributed by atoms with Crippen LogP contribution in [0.2, 0.25) is 0 Å². The molecule has 0 saturated heterocycles. The Hall–Kier alpha value is -1.85. The summed E-state index contributed by atoms with van der Waals surface area (Å²) in [5.41, 5.74) is 5.26. The van der Waals surface area contributed by atoms with Crippen molar-refractivity contribution in [2.45, 2.75) is 51.5 Å². The average Bonchev–Trinajstić information content (AvgIpc) is 2.90. The Kier molecular flexibility index (Phi) is 7.50. The Morgan fingerprint density at radius 3 is 2.57 bits per heavy atom. The summed E-state index contributed by atoms with van der Waals surface area (Å²) in [5.74, 6) is -0.829. The van der Waals surface area contributed by atoms with Crippen LogP contribution in [0.25, 0.3) is 0 Å².